The third-order valence-electron chi connectivity index (χ3n) is 2.63. The number of nitrogen functional groups attached to an aromatic ring is 1. The van der Waals surface area contributed by atoms with E-state index >= 15 is 0 Å². The summed E-state index contributed by atoms with van der Waals surface area (Å²) in [4.78, 5) is 12.2. The highest BCUT2D eigenvalue weighted by Crippen LogP contribution is 2.23. The lowest BCUT2D eigenvalue weighted by Gasteiger charge is -2.07. The number of halogens is 2. The molecule has 3 nitrogen and oxygen atoms in total. The SMILES string of the molecule is COc1ccc(N)c(C(=O)c2cc(F)cc(F)c2)c1. The van der Waals surface area contributed by atoms with Crippen LogP contribution in [0, 0.1) is 11.6 Å². The quantitative estimate of drug-likeness (QED) is 0.684. The Hall–Kier alpha value is -2.43. The molecule has 5 heteroatoms. The molecule has 0 aliphatic carbocycles. The van der Waals surface area contributed by atoms with Crippen molar-refractivity contribution in [3.8, 4) is 5.75 Å². The highest BCUT2D eigenvalue weighted by Gasteiger charge is 2.15. The topological polar surface area (TPSA) is 52.3 Å². The highest BCUT2D eigenvalue weighted by molar-refractivity contribution is 6.12. The summed E-state index contributed by atoms with van der Waals surface area (Å²) in [5.41, 5.74) is 5.96. The van der Waals surface area contributed by atoms with Crippen LogP contribution in [0.1, 0.15) is 15.9 Å². The molecule has 0 spiro atoms. The minimum Gasteiger partial charge on any atom is -0.497 e. The minimum atomic E-state index is -0.815. The maximum atomic E-state index is 13.1. The molecule has 2 aromatic carbocycles. The second-order valence-electron chi connectivity index (χ2n) is 3.94. The first-order valence-electron chi connectivity index (χ1n) is 5.45. The van der Waals surface area contributed by atoms with Crippen molar-refractivity contribution in [2.75, 3.05) is 12.8 Å². The van der Waals surface area contributed by atoms with Gasteiger partial charge in [0.25, 0.3) is 0 Å². The molecule has 0 fully saturated rings. The monoisotopic (exact) mass is 263 g/mol. The van der Waals surface area contributed by atoms with Gasteiger partial charge in [-0.05, 0) is 30.3 Å². The molecule has 0 saturated heterocycles. The van der Waals surface area contributed by atoms with Crippen LogP contribution in [-0.2, 0) is 0 Å². The molecule has 0 atom stereocenters. The van der Waals surface area contributed by atoms with Crippen LogP contribution in [-0.4, -0.2) is 12.9 Å². The lowest BCUT2D eigenvalue weighted by atomic mass is 10.0. The number of ether oxygens (including phenoxy) is 1. The summed E-state index contributed by atoms with van der Waals surface area (Å²) in [6.45, 7) is 0. The smallest absolute Gasteiger partial charge is 0.195 e. The van der Waals surface area contributed by atoms with Gasteiger partial charge in [-0.2, -0.15) is 0 Å². The van der Waals surface area contributed by atoms with E-state index in [1.807, 2.05) is 0 Å². The number of methoxy groups -OCH3 is 1. The van der Waals surface area contributed by atoms with Crippen LogP contribution in [0.4, 0.5) is 14.5 Å². The van der Waals surface area contributed by atoms with E-state index in [1.165, 1.54) is 19.2 Å². The molecule has 0 saturated carbocycles. The van der Waals surface area contributed by atoms with Gasteiger partial charge in [0.05, 0.1) is 7.11 Å². The number of carbonyl (C=O) groups excluding carboxylic acids is 1. The zero-order chi connectivity index (χ0) is 14.0. The fourth-order valence-corrected chi connectivity index (χ4v) is 1.70. The maximum Gasteiger partial charge on any atom is 0.195 e. The summed E-state index contributed by atoms with van der Waals surface area (Å²) in [5, 5.41) is 0. The molecule has 0 amide bonds. The predicted octanol–water partition coefficient (Wildman–Crippen LogP) is 2.79. The second-order valence-corrected chi connectivity index (χ2v) is 3.94. The molecular formula is C14H11F2NO2. The van der Waals surface area contributed by atoms with E-state index in [1.54, 1.807) is 6.07 Å². The number of nitrogens with two attached hydrogens (primary N) is 1. The van der Waals surface area contributed by atoms with Crippen molar-refractivity contribution in [1.82, 2.24) is 0 Å². The number of hydrogen-bond donors (Lipinski definition) is 1. The van der Waals surface area contributed by atoms with Gasteiger partial charge in [-0.3, -0.25) is 4.79 Å². The average molecular weight is 263 g/mol. The average Bonchev–Trinajstić information content (AvgIpc) is 2.37. The van der Waals surface area contributed by atoms with Crippen molar-refractivity contribution in [2.24, 2.45) is 0 Å². The van der Waals surface area contributed by atoms with Gasteiger partial charge in [-0.25, -0.2) is 8.78 Å². The summed E-state index contributed by atoms with van der Waals surface area (Å²) in [7, 11) is 1.45. The van der Waals surface area contributed by atoms with E-state index in [4.69, 9.17) is 10.5 Å². The Morgan fingerprint density at radius 3 is 2.32 bits per heavy atom. The molecule has 2 rings (SSSR count). The van der Waals surface area contributed by atoms with Gasteiger partial charge >= 0.3 is 0 Å². The molecule has 0 bridgehead atoms. The normalized spacial score (nSPS) is 10.3. The fourth-order valence-electron chi connectivity index (χ4n) is 1.70. The van der Waals surface area contributed by atoms with Crippen LogP contribution < -0.4 is 10.5 Å². The third kappa shape index (κ3) is 2.70. The molecule has 2 aromatic rings. The number of carbonyl (C=O) groups is 1. The van der Waals surface area contributed by atoms with Crippen molar-refractivity contribution in [2.45, 2.75) is 0 Å². The molecule has 0 heterocycles. The van der Waals surface area contributed by atoms with Crippen LogP contribution >= 0.6 is 0 Å². The Balaban J connectivity index is 2.49. The van der Waals surface area contributed by atoms with E-state index in [0.717, 1.165) is 12.1 Å². The van der Waals surface area contributed by atoms with Gasteiger partial charge in [0.1, 0.15) is 17.4 Å². The molecule has 0 unspecified atom stereocenters. The summed E-state index contributed by atoms with van der Waals surface area (Å²) < 4.78 is 31.2. The zero-order valence-corrected chi connectivity index (χ0v) is 10.1. The predicted molar refractivity (Wildman–Crippen MR) is 67.2 cm³/mol. The number of benzene rings is 2. The van der Waals surface area contributed by atoms with Gasteiger partial charge in [0.2, 0.25) is 0 Å². The van der Waals surface area contributed by atoms with E-state index in [2.05, 4.69) is 0 Å². The summed E-state index contributed by atoms with van der Waals surface area (Å²) in [5.74, 6) is -1.75. The van der Waals surface area contributed by atoms with E-state index in [0.29, 0.717) is 11.8 Å². The van der Waals surface area contributed by atoms with Crippen molar-refractivity contribution in [3.05, 3.63) is 59.2 Å². The van der Waals surface area contributed by atoms with Crippen LogP contribution in [0.5, 0.6) is 5.75 Å². The first-order chi connectivity index (χ1) is 9.01. The Morgan fingerprint density at radius 1 is 1.11 bits per heavy atom. The van der Waals surface area contributed by atoms with Crippen LogP contribution in [0.2, 0.25) is 0 Å². The maximum absolute atomic E-state index is 13.1. The molecule has 2 N–H and O–H groups in total. The number of anilines is 1. The van der Waals surface area contributed by atoms with Crippen molar-refractivity contribution >= 4 is 11.5 Å². The molecule has 98 valence electrons. The minimum absolute atomic E-state index is 0.0996. The van der Waals surface area contributed by atoms with E-state index in [9.17, 15) is 13.6 Å². The Morgan fingerprint density at radius 2 is 1.74 bits per heavy atom. The molecule has 19 heavy (non-hydrogen) atoms. The Labute approximate surface area is 108 Å². The molecule has 0 aliphatic heterocycles. The van der Waals surface area contributed by atoms with Gasteiger partial charge < -0.3 is 10.5 Å². The number of rotatable bonds is 3. The molecule has 0 aliphatic rings. The summed E-state index contributed by atoms with van der Waals surface area (Å²) >= 11 is 0. The van der Waals surface area contributed by atoms with Gasteiger partial charge in [0, 0.05) is 22.9 Å². The zero-order valence-electron chi connectivity index (χ0n) is 10.1. The Bertz CT molecular complexity index is 621. The largest absolute Gasteiger partial charge is 0.497 e. The van der Waals surface area contributed by atoms with Gasteiger partial charge in [0.15, 0.2) is 5.78 Å². The van der Waals surface area contributed by atoms with Crippen molar-refractivity contribution in [3.63, 3.8) is 0 Å². The Kier molecular flexibility index (Phi) is 3.46. The number of ketones is 1. The van der Waals surface area contributed by atoms with Gasteiger partial charge in [-0.1, -0.05) is 0 Å². The highest BCUT2D eigenvalue weighted by atomic mass is 19.1. The van der Waals surface area contributed by atoms with Crippen LogP contribution in [0.3, 0.4) is 0 Å². The first-order valence-corrected chi connectivity index (χ1v) is 5.45. The first kappa shape index (κ1) is 13.0. The fraction of sp³-hybridized carbons (Fsp3) is 0.0714. The molecular weight excluding hydrogens is 252 g/mol. The van der Waals surface area contributed by atoms with E-state index < -0.39 is 17.4 Å². The third-order valence-corrected chi connectivity index (χ3v) is 2.63. The number of hydrogen-bond acceptors (Lipinski definition) is 3. The lowest BCUT2D eigenvalue weighted by Crippen LogP contribution is -2.06. The van der Waals surface area contributed by atoms with Crippen molar-refractivity contribution < 1.29 is 18.3 Å². The summed E-state index contributed by atoms with van der Waals surface area (Å²) in [6.07, 6.45) is 0. The molecule has 0 radical (unpaired) electrons. The van der Waals surface area contributed by atoms with Crippen molar-refractivity contribution in [1.29, 1.82) is 0 Å². The summed E-state index contributed by atoms with van der Waals surface area (Å²) in [6, 6.07) is 7.15. The second kappa shape index (κ2) is 5.06. The van der Waals surface area contributed by atoms with Crippen LogP contribution in [0.25, 0.3) is 0 Å². The van der Waals surface area contributed by atoms with Crippen LogP contribution in [0.15, 0.2) is 36.4 Å². The van der Waals surface area contributed by atoms with E-state index in [-0.39, 0.29) is 16.8 Å². The van der Waals surface area contributed by atoms with Gasteiger partial charge in [-0.15, -0.1) is 0 Å². The lowest BCUT2D eigenvalue weighted by molar-refractivity contribution is 0.103. The standard InChI is InChI=1S/C14H11F2NO2/c1-19-11-2-3-13(17)12(7-11)14(18)8-4-9(15)6-10(16)5-8/h2-7H,17H2,1H3. The molecule has 0 aromatic heterocycles.